The Kier molecular flexibility index (Phi) is 8.83. The lowest BCUT2D eigenvalue weighted by atomic mass is 10.0. The van der Waals surface area contributed by atoms with Crippen LogP contribution < -0.4 is 0 Å². The van der Waals surface area contributed by atoms with Crippen molar-refractivity contribution in [2.45, 2.75) is 47.6 Å². The average molecular weight is 308 g/mol. The van der Waals surface area contributed by atoms with E-state index in [2.05, 4.69) is 0 Å². The Hall–Kier alpha value is -0.220. The molecule has 0 aromatic rings. The lowest BCUT2D eigenvalue weighted by Gasteiger charge is -2.25. The summed E-state index contributed by atoms with van der Waals surface area (Å²) in [5.74, 6) is -0.497. The van der Waals surface area contributed by atoms with Crippen LogP contribution in [-0.2, 0) is 18.4 Å². The van der Waals surface area contributed by atoms with Gasteiger partial charge in [-0.05, 0) is 25.7 Å². The lowest BCUT2D eigenvalue weighted by molar-refractivity contribution is -0.123. The molecule has 0 saturated heterocycles. The van der Waals surface area contributed by atoms with Crippen LogP contribution in [0.4, 0.5) is 0 Å². The summed E-state index contributed by atoms with van der Waals surface area (Å²) >= 11 is 0. The summed E-state index contributed by atoms with van der Waals surface area (Å²) in [6.07, 6.45) is -0.939. The maximum Gasteiger partial charge on any atom is 0.331 e. The Balaban J connectivity index is 4.89. The van der Waals surface area contributed by atoms with Crippen molar-refractivity contribution in [2.75, 3.05) is 19.4 Å². The second-order valence-electron chi connectivity index (χ2n) is 6.13. The molecular weight excluding hydrogens is 279 g/mol. The topological polar surface area (TPSA) is 72.8 Å². The minimum absolute atomic E-state index is 0.0700. The van der Waals surface area contributed by atoms with Gasteiger partial charge >= 0.3 is 7.60 Å². The molecular formula is C14H29O5P. The number of carbonyl (C=O) groups is 1. The van der Waals surface area contributed by atoms with E-state index in [1.165, 1.54) is 13.8 Å². The van der Waals surface area contributed by atoms with E-state index in [1.54, 1.807) is 0 Å². The minimum Gasteiger partial charge on any atom is -0.393 e. The molecule has 0 amide bonds. The van der Waals surface area contributed by atoms with Crippen molar-refractivity contribution >= 4 is 13.4 Å². The van der Waals surface area contributed by atoms with Gasteiger partial charge in [0, 0.05) is 0 Å². The molecule has 0 aliphatic carbocycles. The van der Waals surface area contributed by atoms with Gasteiger partial charge in [0.15, 0.2) is 0 Å². The third kappa shape index (κ3) is 8.15. The SMILES string of the molecule is CC(=O)[C@@H](CP(=O)(OCC(C)C)OCC(C)C)[C@H](C)O. The number of aliphatic hydroxyl groups excluding tert-OH is 1. The number of rotatable bonds is 10. The normalized spacial score (nSPS) is 15.7. The third-order valence-electron chi connectivity index (χ3n) is 2.73. The first-order valence-electron chi connectivity index (χ1n) is 7.14. The van der Waals surface area contributed by atoms with Crippen molar-refractivity contribution in [3.05, 3.63) is 0 Å². The number of hydrogen-bond donors (Lipinski definition) is 1. The third-order valence-corrected chi connectivity index (χ3v) is 4.66. The van der Waals surface area contributed by atoms with Crippen molar-refractivity contribution in [1.82, 2.24) is 0 Å². The van der Waals surface area contributed by atoms with Gasteiger partial charge in [-0.3, -0.25) is 9.36 Å². The summed E-state index contributed by atoms with van der Waals surface area (Å²) in [6.45, 7) is 11.3. The highest BCUT2D eigenvalue weighted by Crippen LogP contribution is 2.51. The first kappa shape index (κ1) is 19.8. The Labute approximate surface area is 122 Å². The quantitative estimate of drug-likeness (QED) is 0.628. The number of ketones is 1. The molecule has 0 unspecified atom stereocenters. The van der Waals surface area contributed by atoms with E-state index in [0.717, 1.165) is 0 Å². The molecule has 0 rings (SSSR count). The molecule has 0 aromatic carbocycles. The van der Waals surface area contributed by atoms with Crippen LogP contribution in [0.2, 0.25) is 0 Å². The van der Waals surface area contributed by atoms with Gasteiger partial charge in [-0.15, -0.1) is 0 Å². The van der Waals surface area contributed by atoms with E-state index in [0.29, 0.717) is 13.2 Å². The highest BCUT2D eigenvalue weighted by atomic mass is 31.2. The van der Waals surface area contributed by atoms with E-state index in [1.807, 2.05) is 27.7 Å². The number of hydrogen-bond acceptors (Lipinski definition) is 5. The summed E-state index contributed by atoms with van der Waals surface area (Å²) in [5.41, 5.74) is 0. The smallest absolute Gasteiger partial charge is 0.331 e. The summed E-state index contributed by atoms with van der Waals surface area (Å²) in [5, 5.41) is 9.65. The molecule has 0 fully saturated rings. The Morgan fingerprint density at radius 2 is 1.45 bits per heavy atom. The van der Waals surface area contributed by atoms with E-state index in [-0.39, 0.29) is 23.8 Å². The second kappa shape index (κ2) is 8.93. The van der Waals surface area contributed by atoms with Gasteiger partial charge in [0.1, 0.15) is 5.78 Å². The summed E-state index contributed by atoms with van der Waals surface area (Å²) in [6, 6.07) is 0. The molecule has 120 valence electrons. The summed E-state index contributed by atoms with van der Waals surface area (Å²) in [7, 11) is -3.37. The van der Waals surface area contributed by atoms with Gasteiger partial charge in [0.25, 0.3) is 0 Å². The largest absolute Gasteiger partial charge is 0.393 e. The first-order chi connectivity index (χ1) is 9.07. The van der Waals surface area contributed by atoms with Crippen molar-refractivity contribution in [3.8, 4) is 0 Å². The maximum absolute atomic E-state index is 12.7. The van der Waals surface area contributed by atoms with Crippen LogP contribution in [0.1, 0.15) is 41.5 Å². The fraction of sp³-hybridized carbons (Fsp3) is 0.929. The highest BCUT2D eigenvalue weighted by Gasteiger charge is 2.34. The van der Waals surface area contributed by atoms with Crippen LogP contribution in [0.15, 0.2) is 0 Å². The van der Waals surface area contributed by atoms with Gasteiger partial charge < -0.3 is 14.2 Å². The molecule has 0 aromatic heterocycles. The highest BCUT2D eigenvalue weighted by molar-refractivity contribution is 7.53. The van der Waals surface area contributed by atoms with Crippen molar-refractivity contribution in [2.24, 2.45) is 17.8 Å². The fourth-order valence-electron chi connectivity index (χ4n) is 1.53. The number of aliphatic hydroxyl groups is 1. The predicted octanol–water partition coefficient (Wildman–Crippen LogP) is 3.11. The fourth-order valence-corrected chi connectivity index (χ4v) is 3.91. The van der Waals surface area contributed by atoms with Crippen LogP contribution in [0, 0.1) is 17.8 Å². The molecule has 2 atom stereocenters. The molecule has 0 heterocycles. The maximum atomic E-state index is 12.7. The van der Waals surface area contributed by atoms with Crippen LogP contribution in [-0.4, -0.2) is 36.4 Å². The van der Waals surface area contributed by atoms with E-state index >= 15 is 0 Å². The second-order valence-corrected chi connectivity index (χ2v) is 8.23. The van der Waals surface area contributed by atoms with Crippen molar-refractivity contribution < 1.29 is 23.5 Å². The molecule has 0 radical (unpaired) electrons. The molecule has 0 saturated carbocycles. The Morgan fingerprint density at radius 3 is 1.70 bits per heavy atom. The zero-order valence-corrected chi connectivity index (χ0v) is 14.4. The van der Waals surface area contributed by atoms with Crippen molar-refractivity contribution in [3.63, 3.8) is 0 Å². The zero-order valence-electron chi connectivity index (χ0n) is 13.5. The molecule has 5 nitrogen and oxygen atoms in total. The standard InChI is InChI=1S/C14H29O5P/c1-10(2)7-18-20(17,19-8-11(3)4)9-14(12(5)15)13(6)16/h10-12,14-15H,7-9H2,1-6H3/t12-,14-/m0/s1. The predicted molar refractivity (Wildman–Crippen MR) is 79.9 cm³/mol. The van der Waals surface area contributed by atoms with Gasteiger partial charge in [0.2, 0.25) is 0 Å². The van der Waals surface area contributed by atoms with Crippen LogP contribution in [0.3, 0.4) is 0 Å². The van der Waals surface area contributed by atoms with Crippen LogP contribution in [0.25, 0.3) is 0 Å². The monoisotopic (exact) mass is 308 g/mol. The lowest BCUT2D eigenvalue weighted by Crippen LogP contribution is -2.28. The van der Waals surface area contributed by atoms with Crippen LogP contribution >= 0.6 is 7.60 Å². The first-order valence-corrected chi connectivity index (χ1v) is 8.87. The van der Waals surface area contributed by atoms with E-state index in [4.69, 9.17) is 9.05 Å². The van der Waals surface area contributed by atoms with E-state index < -0.39 is 19.6 Å². The van der Waals surface area contributed by atoms with Gasteiger partial charge in [-0.25, -0.2) is 0 Å². The summed E-state index contributed by atoms with van der Waals surface area (Å²) < 4.78 is 23.6. The molecule has 0 aliphatic rings. The average Bonchev–Trinajstić information content (AvgIpc) is 2.30. The summed E-state index contributed by atoms with van der Waals surface area (Å²) in [4.78, 5) is 11.5. The molecule has 0 spiro atoms. The molecule has 20 heavy (non-hydrogen) atoms. The number of carbonyl (C=O) groups excluding carboxylic acids is 1. The molecule has 6 heteroatoms. The number of Topliss-reactive ketones (excluding diaryl/α,β-unsaturated/α-hetero) is 1. The van der Waals surface area contributed by atoms with Gasteiger partial charge in [-0.2, -0.15) is 0 Å². The molecule has 0 aliphatic heterocycles. The van der Waals surface area contributed by atoms with E-state index in [9.17, 15) is 14.5 Å². The van der Waals surface area contributed by atoms with Crippen LogP contribution in [0.5, 0.6) is 0 Å². The zero-order chi connectivity index (χ0) is 15.9. The van der Waals surface area contributed by atoms with Crippen molar-refractivity contribution in [1.29, 1.82) is 0 Å². The Morgan fingerprint density at radius 1 is 1.05 bits per heavy atom. The minimum atomic E-state index is -3.37. The molecule has 1 N–H and O–H groups in total. The Bertz CT molecular complexity index is 322. The molecule has 0 bridgehead atoms. The van der Waals surface area contributed by atoms with Gasteiger partial charge in [-0.1, -0.05) is 27.7 Å². The van der Waals surface area contributed by atoms with Gasteiger partial charge in [0.05, 0.1) is 31.4 Å².